The molecule has 2 heterocycles. The number of thiocarbonyl (C=S) groups is 1. The van der Waals surface area contributed by atoms with Crippen molar-refractivity contribution in [3.63, 3.8) is 0 Å². The average Bonchev–Trinajstić information content (AvgIpc) is 3.57. The Morgan fingerprint density at radius 1 is 0.905 bits per heavy atom. The summed E-state index contributed by atoms with van der Waals surface area (Å²) in [5.41, 5.74) is 4.67. The van der Waals surface area contributed by atoms with Gasteiger partial charge in [-0.3, -0.25) is 9.69 Å². The molecule has 1 aliphatic rings. The van der Waals surface area contributed by atoms with Gasteiger partial charge in [-0.25, -0.2) is 4.68 Å². The first-order valence-corrected chi connectivity index (χ1v) is 15.4. The normalized spacial score (nSPS) is 14.3. The molecule has 6 rings (SSSR count). The number of hydrogen-bond donors (Lipinski definition) is 0. The molecule has 1 fully saturated rings. The lowest BCUT2D eigenvalue weighted by molar-refractivity contribution is -0.122. The molecular weight excluding hydrogens is 559 g/mol. The van der Waals surface area contributed by atoms with Gasteiger partial charge in [0, 0.05) is 23.9 Å². The Labute approximate surface area is 255 Å². The summed E-state index contributed by atoms with van der Waals surface area (Å²) in [5, 5.41) is 7.34. The fourth-order valence-electron chi connectivity index (χ4n) is 5.07. The summed E-state index contributed by atoms with van der Waals surface area (Å²) in [6, 6.07) is 32.6. The third-order valence-electron chi connectivity index (χ3n) is 7.31. The SMILES string of the molecule is CCCCCN1C(=O)C(=Cc2cn(-c3ccccc3)nc2-c2ccc(OCc3cccc4ccccc34)cc2)SC1=S. The molecular formula is C35H31N3O2S2. The molecule has 0 N–H and O–H groups in total. The van der Waals surface area contributed by atoms with Crippen molar-refractivity contribution in [3.8, 4) is 22.7 Å². The highest BCUT2D eigenvalue weighted by molar-refractivity contribution is 8.26. The van der Waals surface area contributed by atoms with Crippen LogP contribution in [0.25, 0.3) is 33.8 Å². The zero-order chi connectivity index (χ0) is 28.9. The molecule has 0 spiro atoms. The number of hydrogen-bond acceptors (Lipinski definition) is 5. The van der Waals surface area contributed by atoms with Crippen molar-refractivity contribution < 1.29 is 9.53 Å². The molecule has 1 amide bonds. The minimum Gasteiger partial charge on any atom is -0.489 e. The summed E-state index contributed by atoms with van der Waals surface area (Å²) >= 11 is 6.92. The molecule has 5 aromatic rings. The Balaban J connectivity index is 1.27. The van der Waals surface area contributed by atoms with Gasteiger partial charge < -0.3 is 4.74 Å². The highest BCUT2D eigenvalue weighted by Gasteiger charge is 2.32. The molecule has 210 valence electrons. The van der Waals surface area contributed by atoms with E-state index in [1.807, 2.05) is 77.6 Å². The van der Waals surface area contributed by atoms with Crippen LogP contribution >= 0.6 is 24.0 Å². The smallest absolute Gasteiger partial charge is 0.266 e. The molecule has 5 nitrogen and oxygen atoms in total. The molecule has 0 unspecified atom stereocenters. The second-order valence-electron chi connectivity index (χ2n) is 10.2. The third kappa shape index (κ3) is 6.03. The minimum absolute atomic E-state index is 0.0308. The molecule has 1 aromatic heterocycles. The Hall–Kier alpha value is -4.20. The molecule has 42 heavy (non-hydrogen) atoms. The number of thioether (sulfide) groups is 1. The molecule has 0 atom stereocenters. The number of nitrogens with zero attached hydrogens (tertiary/aromatic N) is 3. The number of ether oxygens (including phenoxy) is 1. The minimum atomic E-state index is -0.0308. The highest BCUT2D eigenvalue weighted by atomic mass is 32.2. The number of carbonyl (C=O) groups is 1. The zero-order valence-electron chi connectivity index (χ0n) is 23.4. The van der Waals surface area contributed by atoms with Gasteiger partial charge >= 0.3 is 0 Å². The van der Waals surface area contributed by atoms with Crippen molar-refractivity contribution in [1.29, 1.82) is 0 Å². The highest BCUT2D eigenvalue weighted by Crippen LogP contribution is 2.35. The van der Waals surface area contributed by atoms with Gasteiger partial charge in [0.1, 0.15) is 16.7 Å². The van der Waals surface area contributed by atoms with Crippen molar-refractivity contribution in [1.82, 2.24) is 14.7 Å². The van der Waals surface area contributed by atoms with Gasteiger partial charge in [-0.05, 0) is 65.2 Å². The van der Waals surface area contributed by atoms with Gasteiger partial charge in [0.05, 0.1) is 16.3 Å². The summed E-state index contributed by atoms with van der Waals surface area (Å²) in [6.45, 7) is 3.29. The second kappa shape index (κ2) is 12.8. The first-order chi connectivity index (χ1) is 20.6. The molecule has 0 saturated carbocycles. The first-order valence-electron chi connectivity index (χ1n) is 14.2. The number of rotatable bonds is 10. The Bertz CT molecular complexity index is 1760. The van der Waals surface area contributed by atoms with Crippen LogP contribution in [0.15, 0.2) is 108 Å². The second-order valence-corrected chi connectivity index (χ2v) is 11.9. The summed E-state index contributed by atoms with van der Waals surface area (Å²) in [7, 11) is 0. The summed E-state index contributed by atoms with van der Waals surface area (Å²) < 4.78 is 8.65. The number of carbonyl (C=O) groups excluding carboxylic acids is 1. The number of aromatic nitrogens is 2. The maximum Gasteiger partial charge on any atom is 0.266 e. The van der Waals surface area contributed by atoms with Gasteiger partial charge in [-0.15, -0.1) is 0 Å². The summed E-state index contributed by atoms with van der Waals surface area (Å²) in [5.74, 6) is 0.750. The van der Waals surface area contributed by atoms with Crippen molar-refractivity contribution >= 4 is 51.1 Å². The molecule has 0 bridgehead atoms. The van der Waals surface area contributed by atoms with Crippen molar-refractivity contribution in [3.05, 3.63) is 119 Å². The standard InChI is InChI=1S/C35H31N3O2S2/c1-2-3-9-21-37-34(39)32(42-35(37)41)22-28-23-38(29-14-5-4-6-15-29)36-33(28)26-17-19-30(20-18-26)40-24-27-13-10-12-25-11-7-8-16-31(25)27/h4-8,10-20,22-23H,2-3,9,21,24H2,1H3. The van der Waals surface area contributed by atoms with Gasteiger partial charge in [-0.2, -0.15) is 5.10 Å². The van der Waals surface area contributed by atoms with Gasteiger partial charge in [0.25, 0.3) is 5.91 Å². The van der Waals surface area contributed by atoms with Crippen LogP contribution in [0.3, 0.4) is 0 Å². The van der Waals surface area contributed by atoms with E-state index < -0.39 is 0 Å². The quantitative estimate of drug-likeness (QED) is 0.0927. The first kappa shape index (κ1) is 27.9. The fourth-order valence-corrected chi connectivity index (χ4v) is 6.37. The lowest BCUT2D eigenvalue weighted by atomic mass is 10.1. The topological polar surface area (TPSA) is 47.4 Å². The van der Waals surface area contributed by atoms with Gasteiger partial charge in [0.15, 0.2) is 0 Å². The van der Waals surface area contributed by atoms with Gasteiger partial charge in [-0.1, -0.05) is 104 Å². The maximum absolute atomic E-state index is 13.3. The molecule has 0 aliphatic carbocycles. The van der Waals surface area contributed by atoms with E-state index in [2.05, 4.69) is 43.3 Å². The van der Waals surface area contributed by atoms with Crippen molar-refractivity contribution in [2.75, 3.05) is 6.54 Å². The van der Waals surface area contributed by atoms with E-state index in [1.54, 1.807) is 4.90 Å². The van der Waals surface area contributed by atoms with E-state index in [9.17, 15) is 4.79 Å². The van der Waals surface area contributed by atoms with E-state index in [0.717, 1.165) is 53.1 Å². The molecule has 7 heteroatoms. The van der Waals surface area contributed by atoms with Crippen LogP contribution in [0.4, 0.5) is 0 Å². The molecule has 4 aromatic carbocycles. The van der Waals surface area contributed by atoms with Gasteiger partial charge in [0.2, 0.25) is 0 Å². The van der Waals surface area contributed by atoms with Crippen molar-refractivity contribution in [2.24, 2.45) is 0 Å². The lowest BCUT2D eigenvalue weighted by Gasteiger charge is -2.13. The molecule has 0 radical (unpaired) electrons. The number of benzene rings is 4. The number of para-hydroxylation sites is 1. The van der Waals surface area contributed by atoms with E-state index in [1.165, 1.54) is 22.5 Å². The van der Waals surface area contributed by atoms with Crippen molar-refractivity contribution in [2.45, 2.75) is 32.8 Å². The lowest BCUT2D eigenvalue weighted by Crippen LogP contribution is -2.28. The monoisotopic (exact) mass is 589 g/mol. The van der Waals surface area contributed by atoms with Crippen LogP contribution in [-0.4, -0.2) is 31.5 Å². The average molecular weight is 590 g/mol. The van der Waals surface area contributed by atoms with Crippen LogP contribution in [0.1, 0.15) is 37.3 Å². The van der Waals surface area contributed by atoms with Crippen LogP contribution < -0.4 is 4.74 Å². The zero-order valence-corrected chi connectivity index (χ0v) is 25.0. The predicted octanol–water partition coefficient (Wildman–Crippen LogP) is 8.66. The molecule has 1 aliphatic heterocycles. The van der Waals surface area contributed by atoms with E-state index in [4.69, 9.17) is 22.1 Å². The predicted molar refractivity (Wildman–Crippen MR) is 177 cm³/mol. The van der Waals surface area contributed by atoms with Crippen LogP contribution in [-0.2, 0) is 11.4 Å². The van der Waals surface area contributed by atoms with Crippen LogP contribution in [0.2, 0.25) is 0 Å². The number of fused-ring (bicyclic) bond motifs is 1. The number of amides is 1. The Morgan fingerprint density at radius 3 is 2.48 bits per heavy atom. The fraction of sp³-hybridized carbons (Fsp3) is 0.171. The van der Waals surface area contributed by atoms with E-state index >= 15 is 0 Å². The van der Waals surface area contributed by atoms with Crippen LogP contribution in [0.5, 0.6) is 5.75 Å². The Kier molecular flexibility index (Phi) is 8.49. The Morgan fingerprint density at radius 2 is 1.67 bits per heavy atom. The van der Waals surface area contributed by atoms with E-state index in [-0.39, 0.29) is 5.91 Å². The maximum atomic E-state index is 13.3. The molecule has 1 saturated heterocycles. The third-order valence-corrected chi connectivity index (χ3v) is 8.69. The largest absolute Gasteiger partial charge is 0.489 e. The van der Waals surface area contributed by atoms with E-state index in [0.29, 0.717) is 22.4 Å². The number of unbranched alkanes of at least 4 members (excludes halogenated alkanes) is 2. The summed E-state index contributed by atoms with van der Waals surface area (Å²) in [4.78, 5) is 15.6. The summed E-state index contributed by atoms with van der Waals surface area (Å²) in [6.07, 6.45) is 7.01. The van der Waals surface area contributed by atoms with Crippen LogP contribution in [0, 0.1) is 0 Å².